The average molecular weight is 300 g/mol. The van der Waals surface area contributed by atoms with Crippen molar-refractivity contribution in [3.05, 3.63) is 34.4 Å². The molecule has 0 radical (unpaired) electrons. The number of nitrogens with one attached hydrogen (secondary N) is 1. The summed E-state index contributed by atoms with van der Waals surface area (Å²) in [5, 5.41) is 5.94. The van der Waals surface area contributed by atoms with E-state index in [9.17, 15) is 22.8 Å². The molecule has 0 aliphatic carbocycles. The van der Waals surface area contributed by atoms with E-state index in [4.69, 9.17) is 0 Å². The van der Waals surface area contributed by atoms with Gasteiger partial charge in [0, 0.05) is 19.3 Å². The molecule has 1 amide bonds. The molecule has 0 bridgehead atoms. The summed E-state index contributed by atoms with van der Waals surface area (Å²) in [5.41, 5.74) is -0.00537. The second-order valence-corrected chi connectivity index (χ2v) is 4.95. The number of carbonyl (C=O) groups is 1. The van der Waals surface area contributed by atoms with Crippen molar-refractivity contribution in [2.45, 2.75) is 12.6 Å². The highest BCUT2D eigenvalue weighted by Gasteiger charge is 2.44. The van der Waals surface area contributed by atoms with Crippen molar-refractivity contribution in [2.75, 3.05) is 13.1 Å². The number of rotatable bonds is 1. The number of likely N-dealkylation sites (tertiary alicyclic amines) is 1. The van der Waals surface area contributed by atoms with Gasteiger partial charge >= 0.3 is 11.9 Å². The number of hydrogen-bond donors (Lipinski definition) is 1. The van der Waals surface area contributed by atoms with Crippen LogP contribution in [0.15, 0.2) is 23.1 Å². The first-order chi connectivity index (χ1) is 9.86. The Labute approximate surface area is 116 Å². The van der Waals surface area contributed by atoms with Gasteiger partial charge in [-0.1, -0.05) is 0 Å². The van der Waals surface area contributed by atoms with Gasteiger partial charge in [-0.25, -0.2) is 14.3 Å². The smallest absolute Gasteiger partial charge is 0.338 e. The fourth-order valence-electron chi connectivity index (χ4n) is 2.43. The number of nitrogens with zero attached hydrogens (tertiary/aromatic N) is 3. The molecule has 1 saturated heterocycles. The lowest BCUT2D eigenvalue weighted by Crippen LogP contribution is -2.32. The van der Waals surface area contributed by atoms with E-state index in [1.54, 1.807) is 0 Å². The van der Waals surface area contributed by atoms with Crippen LogP contribution in [-0.4, -0.2) is 44.7 Å². The van der Waals surface area contributed by atoms with E-state index >= 15 is 0 Å². The highest BCUT2D eigenvalue weighted by Crippen LogP contribution is 2.33. The van der Waals surface area contributed by atoms with Crippen LogP contribution in [0.3, 0.4) is 0 Å². The van der Waals surface area contributed by atoms with Gasteiger partial charge < -0.3 is 4.90 Å². The first-order valence-corrected chi connectivity index (χ1v) is 6.29. The second-order valence-electron chi connectivity index (χ2n) is 4.95. The molecule has 0 spiro atoms. The van der Waals surface area contributed by atoms with Crippen molar-refractivity contribution >= 4 is 11.6 Å². The van der Waals surface area contributed by atoms with Crippen molar-refractivity contribution < 1.29 is 18.0 Å². The zero-order valence-electron chi connectivity index (χ0n) is 10.7. The van der Waals surface area contributed by atoms with E-state index < -0.39 is 23.7 Å². The number of alkyl halides is 3. The topological polar surface area (TPSA) is 70.5 Å². The molecular formula is C12H11F3N4O2. The van der Waals surface area contributed by atoms with Gasteiger partial charge in [0.25, 0.3) is 5.91 Å². The molecule has 1 aliphatic rings. The first-order valence-electron chi connectivity index (χ1n) is 6.29. The number of halogens is 3. The Kier molecular flexibility index (Phi) is 2.99. The van der Waals surface area contributed by atoms with E-state index in [2.05, 4.69) is 10.2 Å². The van der Waals surface area contributed by atoms with E-state index in [0.717, 1.165) is 9.30 Å². The minimum atomic E-state index is -4.29. The molecule has 1 aliphatic heterocycles. The summed E-state index contributed by atoms with van der Waals surface area (Å²) >= 11 is 0. The fourth-order valence-corrected chi connectivity index (χ4v) is 2.43. The maximum Gasteiger partial charge on any atom is 0.393 e. The number of pyridine rings is 1. The second kappa shape index (κ2) is 4.61. The van der Waals surface area contributed by atoms with Crippen LogP contribution in [0.4, 0.5) is 13.2 Å². The normalized spacial score (nSPS) is 19.4. The van der Waals surface area contributed by atoms with Crippen LogP contribution < -0.4 is 5.69 Å². The molecule has 21 heavy (non-hydrogen) atoms. The van der Waals surface area contributed by atoms with Gasteiger partial charge in [-0.15, -0.1) is 0 Å². The Morgan fingerprint density at radius 2 is 2.14 bits per heavy atom. The van der Waals surface area contributed by atoms with Gasteiger partial charge in [0.05, 0.1) is 11.5 Å². The van der Waals surface area contributed by atoms with E-state index in [1.165, 1.54) is 18.3 Å². The minimum Gasteiger partial charge on any atom is -0.338 e. The Hall–Kier alpha value is -2.32. The highest BCUT2D eigenvalue weighted by atomic mass is 19.4. The van der Waals surface area contributed by atoms with Crippen LogP contribution in [0, 0.1) is 5.92 Å². The predicted octanol–water partition coefficient (Wildman–Crippen LogP) is 1.05. The largest absolute Gasteiger partial charge is 0.393 e. The lowest BCUT2D eigenvalue weighted by atomic mass is 10.1. The molecule has 9 heteroatoms. The maximum absolute atomic E-state index is 12.6. The summed E-state index contributed by atoms with van der Waals surface area (Å²) in [6.07, 6.45) is -3.10. The van der Waals surface area contributed by atoms with Crippen molar-refractivity contribution in [3.63, 3.8) is 0 Å². The number of aromatic nitrogens is 3. The summed E-state index contributed by atoms with van der Waals surface area (Å²) in [6, 6.07) is 2.90. The highest BCUT2D eigenvalue weighted by molar-refractivity contribution is 5.94. The van der Waals surface area contributed by atoms with Gasteiger partial charge in [-0.05, 0) is 18.6 Å². The molecule has 3 rings (SSSR count). The van der Waals surface area contributed by atoms with Crippen molar-refractivity contribution in [1.29, 1.82) is 0 Å². The fraction of sp³-hybridized carbons (Fsp3) is 0.417. The number of amides is 1. The van der Waals surface area contributed by atoms with Gasteiger partial charge in [-0.2, -0.15) is 18.3 Å². The molecule has 1 fully saturated rings. The summed E-state index contributed by atoms with van der Waals surface area (Å²) in [4.78, 5) is 24.8. The van der Waals surface area contributed by atoms with E-state index in [-0.39, 0.29) is 25.1 Å². The quantitative estimate of drug-likeness (QED) is 0.855. The first kappa shape index (κ1) is 13.7. The molecule has 1 atom stereocenters. The number of hydrogen-bond acceptors (Lipinski definition) is 3. The van der Waals surface area contributed by atoms with Crippen LogP contribution in [0.25, 0.3) is 5.65 Å². The lowest BCUT2D eigenvalue weighted by Gasteiger charge is -2.18. The Bertz CT molecular complexity index is 749. The third-order valence-electron chi connectivity index (χ3n) is 3.60. The van der Waals surface area contributed by atoms with E-state index in [1.807, 2.05) is 0 Å². The molecule has 0 saturated carbocycles. The zero-order valence-corrected chi connectivity index (χ0v) is 10.7. The molecule has 0 aromatic carbocycles. The van der Waals surface area contributed by atoms with Crippen molar-refractivity contribution in [3.8, 4) is 0 Å². The van der Waals surface area contributed by atoms with Gasteiger partial charge in [-0.3, -0.25) is 4.79 Å². The van der Waals surface area contributed by atoms with Gasteiger partial charge in [0.1, 0.15) is 0 Å². The number of aromatic amines is 1. The zero-order chi connectivity index (χ0) is 15.2. The summed E-state index contributed by atoms with van der Waals surface area (Å²) in [5.74, 6) is -2.00. The summed E-state index contributed by atoms with van der Waals surface area (Å²) in [6.45, 7) is -0.290. The lowest BCUT2D eigenvalue weighted by molar-refractivity contribution is -0.169. The van der Waals surface area contributed by atoms with Crippen LogP contribution in [-0.2, 0) is 0 Å². The molecule has 2 aromatic heterocycles. The number of H-pyrrole nitrogens is 1. The summed E-state index contributed by atoms with van der Waals surface area (Å²) < 4.78 is 39.0. The van der Waals surface area contributed by atoms with Crippen molar-refractivity contribution in [2.24, 2.45) is 5.92 Å². The van der Waals surface area contributed by atoms with Crippen LogP contribution in [0.5, 0.6) is 0 Å². The number of carbonyl (C=O) groups excluding carboxylic acids is 1. The SMILES string of the molecule is O=C(c1ccc2n[nH]c(=O)n2c1)N1CCC(C(F)(F)F)C1. The Balaban J connectivity index is 1.84. The maximum atomic E-state index is 12.6. The monoisotopic (exact) mass is 300 g/mol. The Morgan fingerprint density at radius 1 is 1.38 bits per heavy atom. The number of fused-ring (bicyclic) bond motifs is 1. The van der Waals surface area contributed by atoms with E-state index in [0.29, 0.717) is 5.65 Å². The Morgan fingerprint density at radius 3 is 2.81 bits per heavy atom. The summed E-state index contributed by atoms with van der Waals surface area (Å²) in [7, 11) is 0. The molecule has 2 aromatic rings. The molecule has 6 nitrogen and oxygen atoms in total. The molecule has 1 N–H and O–H groups in total. The predicted molar refractivity (Wildman–Crippen MR) is 65.9 cm³/mol. The third kappa shape index (κ3) is 2.39. The van der Waals surface area contributed by atoms with Crippen LogP contribution in [0.2, 0.25) is 0 Å². The molecule has 1 unspecified atom stereocenters. The minimum absolute atomic E-state index is 0.0569. The van der Waals surface area contributed by atoms with Gasteiger partial charge in [0.15, 0.2) is 5.65 Å². The van der Waals surface area contributed by atoms with Gasteiger partial charge in [0.2, 0.25) is 0 Å². The molecule has 112 valence electrons. The molecular weight excluding hydrogens is 289 g/mol. The molecule has 3 heterocycles. The van der Waals surface area contributed by atoms with Crippen LogP contribution >= 0.6 is 0 Å². The standard InChI is InChI=1S/C12H11F3N4O2/c13-12(14,15)8-3-4-18(6-8)10(20)7-1-2-9-16-17-11(21)19(9)5-7/h1-2,5,8H,3-4,6H2,(H,17,21). The third-order valence-corrected chi connectivity index (χ3v) is 3.60. The average Bonchev–Trinajstić information content (AvgIpc) is 3.05. The van der Waals surface area contributed by atoms with Crippen molar-refractivity contribution in [1.82, 2.24) is 19.5 Å². The van der Waals surface area contributed by atoms with Crippen LogP contribution in [0.1, 0.15) is 16.8 Å².